The van der Waals surface area contributed by atoms with E-state index in [2.05, 4.69) is 5.32 Å². The Morgan fingerprint density at radius 2 is 1.70 bits per heavy atom. The fraction of sp³-hybridized carbons (Fsp3) is 0.381. The van der Waals surface area contributed by atoms with Crippen LogP contribution in [0.3, 0.4) is 0 Å². The van der Waals surface area contributed by atoms with Crippen LogP contribution < -0.4 is 9.62 Å². The highest BCUT2D eigenvalue weighted by atomic mass is 32.2. The summed E-state index contributed by atoms with van der Waals surface area (Å²) >= 11 is 0. The predicted molar refractivity (Wildman–Crippen MR) is 110 cm³/mol. The number of hydrogen-bond donors (Lipinski definition) is 1. The lowest BCUT2D eigenvalue weighted by Gasteiger charge is -2.23. The number of hydrogen-bond acceptors (Lipinski definition) is 3. The minimum absolute atomic E-state index is 0.208. The van der Waals surface area contributed by atoms with Crippen LogP contribution in [0.1, 0.15) is 42.1 Å². The first-order valence-electron chi connectivity index (χ1n) is 9.05. The smallest absolute Gasteiger partial charge is 0.241 e. The summed E-state index contributed by atoms with van der Waals surface area (Å²) in [5, 5.41) is 2.89. The lowest BCUT2D eigenvalue weighted by atomic mass is 10.0. The summed E-state index contributed by atoms with van der Waals surface area (Å²) in [7, 11) is -3.57. The van der Waals surface area contributed by atoms with Gasteiger partial charge in [0.15, 0.2) is 0 Å². The van der Waals surface area contributed by atoms with Crippen LogP contribution in [0.15, 0.2) is 42.5 Å². The van der Waals surface area contributed by atoms with Gasteiger partial charge in [-0.1, -0.05) is 37.3 Å². The number of carbonyl (C=O) groups excluding carboxylic acids is 1. The monoisotopic (exact) mass is 388 g/mol. The van der Waals surface area contributed by atoms with Gasteiger partial charge in [-0.3, -0.25) is 9.10 Å². The van der Waals surface area contributed by atoms with Crippen LogP contribution in [0.4, 0.5) is 5.69 Å². The van der Waals surface area contributed by atoms with E-state index in [9.17, 15) is 13.2 Å². The van der Waals surface area contributed by atoms with Gasteiger partial charge in [0.05, 0.1) is 18.0 Å². The highest BCUT2D eigenvalue weighted by molar-refractivity contribution is 7.92. The van der Waals surface area contributed by atoms with Gasteiger partial charge in [0.25, 0.3) is 0 Å². The minimum Gasteiger partial charge on any atom is -0.348 e. The highest BCUT2D eigenvalue weighted by Gasteiger charge is 2.22. The summed E-state index contributed by atoms with van der Waals surface area (Å²) in [5.74, 6) is -0.342. The molecule has 1 atom stereocenters. The van der Waals surface area contributed by atoms with Crippen molar-refractivity contribution < 1.29 is 13.2 Å². The Labute approximate surface area is 162 Å². The van der Waals surface area contributed by atoms with Crippen LogP contribution in [0.2, 0.25) is 0 Å². The molecule has 6 heteroatoms. The van der Waals surface area contributed by atoms with Crippen molar-refractivity contribution in [3.05, 3.63) is 64.7 Å². The quantitative estimate of drug-likeness (QED) is 0.789. The summed E-state index contributed by atoms with van der Waals surface area (Å²) in [5.41, 5.74) is 4.94. The Kier molecular flexibility index (Phi) is 6.65. The van der Waals surface area contributed by atoms with Crippen molar-refractivity contribution in [3.63, 3.8) is 0 Å². The van der Waals surface area contributed by atoms with Gasteiger partial charge in [0, 0.05) is 0 Å². The Morgan fingerprint density at radius 1 is 1.07 bits per heavy atom. The first-order chi connectivity index (χ1) is 12.6. The molecule has 0 fully saturated rings. The fourth-order valence-electron chi connectivity index (χ4n) is 2.83. The molecule has 0 aliphatic rings. The summed E-state index contributed by atoms with van der Waals surface area (Å²) in [6, 6.07) is 13.1. The number of aryl methyl sites for hydroxylation is 3. The molecule has 0 heterocycles. The third kappa shape index (κ3) is 5.57. The third-order valence-electron chi connectivity index (χ3n) is 4.73. The van der Waals surface area contributed by atoms with Gasteiger partial charge in [-0.15, -0.1) is 0 Å². The van der Waals surface area contributed by atoms with Crippen molar-refractivity contribution >= 4 is 21.6 Å². The zero-order valence-electron chi connectivity index (χ0n) is 16.6. The molecule has 0 aliphatic heterocycles. The molecule has 27 heavy (non-hydrogen) atoms. The molecule has 2 aromatic carbocycles. The van der Waals surface area contributed by atoms with Gasteiger partial charge in [-0.2, -0.15) is 0 Å². The molecule has 0 aliphatic carbocycles. The second kappa shape index (κ2) is 8.57. The topological polar surface area (TPSA) is 66.5 Å². The molecule has 0 aromatic heterocycles. The van der Waals surface area contributed by atoms with Crippen LogP contribution >= 0.6 is 0 Å². The highest BCUT2D eigenvalue weighted by Crippen LogP contribution is 2.20. The molecule has 5 nitrogen and oxygen atoms in total. The number of sulfonamides is 1. The van der Waals surface area contributed by atoms with Crippen LogP contribution in [0.5, 0.6) is 0 Å². The van der Waals surface area contributed by atoms with E-state index in [4.69, 9.17) is 0 Å². The van der Waals surface area contributed by atoms with Gasteiger partial charge >= 0.3 is 0 Å². The first-order valence-corrected chi connectivity index (χ1v) is 10.9. The summed E-state index contributed by atoms with van der Waals surface area (Å²) < 4.78 is 25.5. The second-order valence-corrected chi connectivity index (χ2v) is 8.83. The summed E-state index contributed by atoms with van der Waals surface area (Å²) in [4.78, 5) is 12.5. The van der Waals surface area contributed by atoms with Gasteiger partial charge in [-0.25, -0.2) is 8.42 Å². The molecular weight excluding hydrogens is 360 g/mol. The molecular formula is C21H28N2O3S. The average molecular weight is 389 g/mol. The molecule has 1 N–H and O–H groups in total. The van der Waals surface area contributed by atoms with Crippen LogP contribution in [0.25, 0.3) is 0 Å². The van der Waals surface area contributed by atoms with Crippen molar-refractivity contribution in [1.29, 1.82) is 0 Å². The van der Waals surface area contributed by atoms with Crippen molar-refractivity contribution in [1.82, 2.24) is 5.32 Å². The minimum atomic E-state index is -3.57. The maximum Gasteiger partial charge on any atom is 0.241 e. The molecule has 0 radical (unpaired) electrons. The van der Waals surface area contributed by atoms with E-state index < -0.39 is 10.0 Å². The van der Waals surface area contributed by atoms with Crippen molar-refractivity contribution in [3.8, 4) is 0 Å². The van der Waals surface area contributed by atoms with E-state index >= 15 is 0 Å². The first kappa shape index (κ1) is 21.0. The molecule has 0 bridgehead atoms. The van der Waals surface area contributed by atoms with Crippen LogP contribution in [-0.2, 0) is 21.2 Å². The summed E-state index contributed by atoms with van der Waals surface area (Å²) in [6.07, 6.45) is 1.98. The Morgan fingerprint density at radius 3 is 2.22 bits per heavy atom. The van der Waals surface area contributed by atoms with E-state index in [0.717, 1.165) is 33.7 Å². The SMILES string of the molecule is CCc1ccc(N(CC(=O)N[C@H](C)c2ccc(C)c(C)c2)S(C)(=O)=O)cc1. The number of nitrogens with zero attached hydrogens (tertiary/aromatic N) is 1. The van der Waals surface area contributed by atoms with Crippen molar-refractivity contribution in [2.45, 2.75) is 40.2 Å². The zero-order chi connectivity index (χ0) is 20.2. The molecule has 2 aromatic rings. The number of rotatable bonds is 7. The normalized spacial score (nSPS) is 12.5. The largest absolute Gasteiger partial charge is 0.348 e. The standard InChI is InChI=1S/C21H28N2O3S/c1-6-18-8-11-20(12-9-18)23(27(5,25)26)14-21(24)22-17(4)19-10-7-15(2)16(3)13-19/h7-13,17H,6,14H2,1-5H3,(H,22,24)/t17-/m1/s1. The second-order valence-electron chi connectivity index (χ2n) is 6.92. The number of carbonyl (C=O) groups is 1. The maximum absolute atomic E-state index is 12.5. The Balaban J connectivity index is 2.14. The third-order valence-corrected chi connectivity index (χ3v) is 5.87. The van der Waals surface area contributed by atoms with Gasteiger partial charge in [-0.05, 0) is 61.6 Å². The van der Waals surface area contributed by atoms with Gasteiger partial charge in [0.1, 0.15) is 6.54 Å². The average Bonchev–Trinajstić information content (AvgIpc) is 2.61. The van der Waals surface area contributed by atoms with E-state index in [1.54, 1.807) is 12.1 Å². The van der Waals surface area contributed by atoms with Gasteiger partial charge < -0.3 is 5.32 Å². The molecule has 1 amide bonds. The van der Waals surface area contributed by atoms with Crippen LogP contribution in [0, 0.1) is 13.8 Å². The van der Waals surface area contributed by atoms with E-state index in [-0.39, 0.29) is 18.5 Å². The molecule has 0 saturated carbocycles. The molecule has 0 saturated heterocycles. The fourth-order valence-corrected chi connectivity index (χ4v) is 3.69. The Bertz CT molecular complexity index is 906. The number of anilines is 1. The molecule has 0 unspecified atom stereocenters. The number of benzene rings is 2. The Hall–Kier alpha value is -2.34. The summed E-state index contributed by atoms with van der Waals surface area (Å²) in [6.45, 7) is 7.74. The maximum atomic E-state index is 12.5. The predicted octanol–water partition coefficient (Wildman–Crippen LogP) is 3.51. The van der Waals surface area contributed by atoms with Gasteiger partial charge in [0.2, 0.25) is 15.9 Å². The van der Waals surface area contributed by atoms with E-state index in [1.807, 2.05) is 58.0 Å². The number of amides is 1. The lowest BCUT2D eigenvalue weighted by molar-refractivity contribution is -0.120. The molecule has 146 valence electrons. The molecule has 0 spiro atoms. The van der Waals surface area contributed by atoms with E-state index in [0.29, 0.717) is 5.69 Å². The zero-order valence-corrected chi connectivity index (χ0v) is 17.4. The van der Waals surface area contributed by atoms with Crippen molar-refractivity contribution in [2.24, 2.45) is 0 Å². The van der Waals surface area contributed by atoms with Crippen molar-refractivity contribution in [2.75, 3.05) is 17.1 Å². The van der Waals surface area contributed by atoms with E-state index in [1.165, 1.54) is 5.56 Å². The van der Waals surface area contributed by atoms with Crippen LogP contribution in [-0.4, -0.2) is 27.1 Å². The number of nitrogens with one attached hydrogen (secondary N) is 1. The molecule has 2 rings (SSSR count). The lowest BCUT2D eigenvalue weighted by Crippen LogP contribution is -2.41.